The van der Waals surface area contributed by atoms with Gasteiger partial charge in [-0.25, -0.2) is 0 Å². The van der Waals surface area contributed by atoms with Crippen LogP contribution in [-0.4, -0.2) is 52.7 Å². The van der Waals surface area contributed by atoms with Crippen LogP contribution in [0.4, 0.5) is 0 Å². The Balaban J connectivity index is 1.73. The Bertz CT molecular complexity index is 718. The lowest BCUT2D eigenvalue weighted by molar-refractivity contribution is 0.0616. The number of aryl methyl sites for hydroxylation is 2. The fourth-order valence-corrected chi connectivity index (χ4v) is 3.31. The fraction of sp³-hybridized carbons (Fsp3) is 0.556. The van der Waals surface area contributed by atoms with Crippen LogP contribution in [0.2, 0.25) is 0 Å². The summed E-state index contributed by atoms with van der Waals surface area (Å²) in [6.45, 7) is 5.65. The number of piperidine rings is 1. The van der Waals surface area contributed by atoms with Gasteiger partial charge in [-0.3, -0.25) is 9.78 Å². The molecule has 0 spiro atoms. The van der Waals surface area contributed by atoms with Crippen molar-refractivity contribution in [2.75, 3.05) is 26.8 Å². The Morgan fingerprint density at radius 3 is 2.64 bits per heavy atom. The van der Waals surface area contributed by atoms with Crippen molar-refractivity contribution < 1.29 is 14.1 Å². The van der Waals surface area contributed by atoms with Gasteiger partial charge < -0.3 is 14.2 Å². The lowest BCUT2D eigenvalue weighted by Crippen LogP contribution is -2.46. The van der Waals surface area contributed by atoms with Crippen LogP contribution in [0.15, 0.2) is 22.9 Å². The van der Waals surface area contributed by atoms with Gasteiger partial charge in [-0.2, -0.15) is 4.98 Å². The Kier molecular flexibility index (Phi) is 5.13. The molecular formula is C18H24N4O3. The monoisotopic (exact) mass is 344 g/mol. The topological polar surface area (TPSA) is 81.4 Å². The number of ether oxygens (including phenoxy) is 1. The van der Waals surface area contributed by atoms with E-state index in [1.54, 1.807) is 20.2 Å². The number of methoxy groups -OCH3 is 1. The first-order chi connectivity index (χ1) is 12.0. The van der Waals surface area contributed by atoms with Gasteiger partial charge in [0.25, 0.3) is 5.91 Å². The van der Waals surface area contributed by atoms with Crippen LogP contribution in [0.1, 0.15) is 47.0 Å². The molecule has 1 aliphatic heterocycles. The van der Waals surface area contributed by atoms with Crippen LogP contribution in [0.3, 0.4) is 0 Å². The lowest BCUT2D eigenvalue weighted by atomic mass is 9.75. The normalized spacial score (nSPS) is 16.8. The van der Waals surface area contributed by atoms with E-state index in [-0.39, 0.29) is 11.3 Å². The van der Waals surface area contributed by atoms with Crippen molar-refractivity contribution in [1.82, 2.24) is 20.0 Å². The average Bonchev–Trinajstić information content (AvgIpc) is 3.07. The second kappa shape index (κ2) is 7.31. The maximum Gasteiger partial charge on any atom is 0.255 e. The predicted molar refractivity (Wildman–Crippen MR) is 91.3 cm³/mol. The molecule has 0 saturated carbocycles. The zero-order valence-electron chi connectivity index (χ0n) is 15.0. The van der Waals surface area contributed by atoms with Crippen molar-refractivity contribution in [2.45, 2.75) is 38.5 Å². The smallest absolute Gasteiger partial charge is 0.255 e. The van der Waals surface area contributed by atoms with Crippen molar-refractivity contribution >= 4 is 5.91 Å². The first kappa shape index (κ1) is 17.5. The highest BCUT2D eigenvalue weighted by Gasteiger charge is 2.41. The quantitative estimate of drug-likeness (QED) is 0.828. The molecule has 25 heavy (non-hydrogen) atoms. The molecule has 2 aromatic rings. The first-order valence-electron chi connectivity index (χ1n) is 8.56. The number of nitrogens with zero attached hydrogens (tertiary/aromatic N) is 4. The van der Waals surface area contributed by atoms with Crippen LogP contribution < -0.4 is 0 Å². The molecule has 1 saturated heterocycles. The lowest BCUT2D eigenvalue weighted by Gasteiger charge is -2.39. The highest BCUT2D eigenvalue weighted by atomic mass is 16.5. The molecule has 0 bridgehead atoms. The van der Waals surface area contributed by atoms with Crippen molar-refractivity contribution in [1.29, 1.82) is 0 Å². The fourth-order valence-electron chi connectivity index (χ4n) is 3.31. The molecular weight excluding hydrogens is 320 g/mol. The average molecular weight is 344 g/mol. The van der Waals surface area contributed by atoms with E-state index in [0.29, 0.717) is 31.2 Å². The van der Waals surface area contributed by atoms with Crippen molar-refractivity contribution in [3.05, 3.63) is 41.3 Å². The molecule has 0 atom stereocenters. The number of likely N-dealkylation sites (tertiary alicyclic amines) is 1. The summed E-state index contributed by atoms with van der Waals surface area (Å²) in [5, 5.41) is 4.15. The van der Waals surface area contributed by atoms with Gasteiger partial charge in [-0.15, -0.1) is 0 Å². The van der Waals surface area contributed by atoms with Gasteiger partial charge in [-0.05, 0) is 38.3 Å². The molecule has 134 valence electrons. The number of hydrogen-bond donors (Lipinski definition) is 0. The van der Waals surface area contributed by atoms with Gasteiger partial charge in [-0.1, -0.05) is 5.16 Å². The number of carbonyl (C=O) groups is 1. The Hall–Kier alpha value is -2.28. The summed E-state index contributed by atoms with van der Waals surface area (Å²) in [5.74, 6) is 1.32. The standard InChI is InChI=1S/C18H24N4O3/c1-13-4-5-15(12-19-13)16(23)22-9-6-18(7-10-22,8-11-24-3)17-20-14(2)25-21-17/h4-5,12H,6-11H2,1-3H3. The number of amides is 1. The van der Waals surface area contributed by atoms with E-state index in [0.717, 1.165) is 30.8 Å². The highest BCUT2D eigenvalue weighted by molar-refractivity contribution is 5.94. The van der Waals surface area contributed by atoms with E-state index >= 15 is 0 Å². The molecule has 2 aromatic heterocycles. The van der Waals surface area contributed by atoms with Crippen LogP contribution in [-0.2, 0) is 10.2 Å². The summed E-state index contributed by atoms with van der Waals surface area (Å²) < 4.78 is 10.5. The van der Waals surface area contributed by atoms with E-state index in [9.17, 15) is 4.79 Å². The van der Waals surface area contributed by atoms with E-state index in [4.69, 9.17) is 9.26 Å². The zero-order chi connectivity index (χ0) is 17.9. The third-order valence-corrected chi connectivity index (χ3v) is 4.95. The second-order valence-electron chi connectivity index (χ2n) is 6.64. The molecule has 0 N–H and O–H groups in total. The number of pyridine rings is 1. The summed E-state index contributed by atoms with van der Waals surface area (Å²) in [7, 11) is 1.69. The van der Waals surface area contributed by atoms with Gasteiger partial charge in [0.15, 0.2) is 5.82 Å². The second-order valence-corrected chi connectivity index (χ2v) is 6.64. The van der Waals surface area contributed by atoms with Gasteiger partial charge in [0.2, 0.25) is 5.89 Å². The molecule has 7 heteroatoms. The minimum absolute atomic E-state index is 0.0251. The molecule has 1 fully saturated rings. The van der Waals surface area contributed by atoms with E-state index in [1.165, 1.54) is 0 Å². The molecule has 7 nitrogen and oxygen atoms in total. The van der Waals surface area contributed by atoms with Crippen LogP contribution in [0, 0.1) is 13.8 Å². The summed E-state index contributed by atoms with van der Waals surface area (Å²) in [6.07, 6.45) is 4.05. The van der Waals surface area contributed by atoms with Crippen molar-refractivity contribution in [3.63, 3.8) is 0 Å². The van der Waals surface area contributed by atoms with E-state index < -0.39 is 0 Å². The highest BCUT2D eigenvalue weighted by Crippen LogP contribution is 2.37. The van der Waals surface area contributed by atoms with Crippen LogP contribution in [0.5, 0.6) is 0 Å². The summed E-state index contributed by atoms with van der Waals surface area (Å²) in [5.41, 5.74) is 1.34. The van der Waals surface area contributed by atoms with Gasteiger partial charge in [0.1, 0.15) is 0 Å². The minimum Gasteiger partial charge on any atom is -0.385 e. The molecule has 0 aromatic carbocycles. The number of rotatable bonds is 5. The van der Waals surface area contributed by atoms with E-state index in [2.05, 4.69) is 15.1 Å². The number of carbonyl (C=O) groups excluding carboxylic acids is 1. The molecule has 1 amide bonds. The Morgan fingerprint density at radius 1 is 1.32 bits per heavy atom. The maximum absolute atomic E-state index is 12.7. The van der Waals surface area contributed by atoms with Crippen LogP contribution >= 0.6 is 0 Å². The molecule has 3 rings (SSSR count). The summed E-state index contributed by atoms with van der Waals surface area (Å²) in [6, 6.07) is 3.70. The Labute approximate surface area is 147 Å². The molecule has 0 aliphatic carbocycles. The van der Waals surface area contributed by atoms with Gasteiger partial charge in [0, 0.05) is 51.0 Å². The maximum atomic E-state index is 12.7. The number of aromatic nitrogens is 3. The molecule has 3 heterocycles. The zero-order valence-corrected chi connectivity index (χ0v) is 15.0. The third kappa shape index (κ3) is 3.71. The SMILES string of the molecule is COCCC1(c2noc(C)n2)CCN(C(=O)c2ccc(C)nc2)CC1. The molecule has 0 radical (unpaired) electrons. The minimum atomic E-state index is -0.198. The first-order valence-corrected chi connectivity index (χ1v) is 8.56. The van der Waals surface area contributed by atoms with Gasteiger partial charge >= 0.3 is 0 Å². The molecule has 1 aliphatic rings. The third-order valence-electron chi connectivity index (χ3n) is 4.95. The predicted octanol–water partition coefficient (Wildman–Crippen LogP) is 2.29. The Morgan fingerprint density at radius 2 is 2.08 bits per heavy atom. The van der Waals surface area contributed by atoms with E-state index in [1.807, 2.05) is 24.0 Å². The summed E-state index contributed by atoms with van der Waals surface area (Å²) in [4.78, 5) is 23.2. The molecule has 0 unspecified atom stereocenters. The van der Waals surface area contributed by atoms with Crippen LogP contribution in [0.25, 0.3) is 0 Å². The van der Waals surface area contributed by atoms with Crippen molar-refractivity contribution in [2.24, 2.45) is 0 Å². The summed E-state index contributed by atoms with van der Waals surface area (Å²) >= 11 is 0. The van der Waals surface area contributed by atoms with Gasteiger partial charge in [0.05, 0.1) is 5.56 Å². The number of hydrogen-bond acceptors (Lipinski definition) is 6. The largest absolute Gasteiger partial charge is 0.385 e. The van der Waals surface area contributed by atoms with Crippen molar-refractivity contribution in [3.8, 4) is 0 Å².